The van der Waals surface area contributed by atoms with Gasteiger partial charge in [-0.15, -0.1) is 24.0 Å². The van der Waals surface area contributed by atoms with E-state index in [9.17, 15) is 0 Å². The first-order valence-corrected chi connectivity index (χ1v) is 11.0. The van der Waals surface area contributed by atoms with Crippen LogP contribution in [0.3, 0.4) is 0 Å². The summed E-state index contributed by atoms with van der Waals surface area (Å²) in [7, 11) is 3.67. The first-order valence-electron chi connectivity index (χ1n) is 11.0. The van der Waals surface area contributed by atoms with Crippen LogP contribution < -0.4 is 10.6 Å². The molecule has 1 aromatic carbocycles. The molecule has 1 aliphatic heterocycles. The minimum atomic E-state index is 0. The molecule has 164 valence electrons. The predicted octanol–water partition coefficient (Wildman–Crippen LogP) is 3.81. The van der Waals surface area contributed by atoms with E-state index in [2.05, 4.69) is 44.8 Å². The Labute approximate surface area is 194 Å². The number of nitrogens with one attached hydrogen (secondary N) is 2. The Bertz CT molecular complexity index is 631. The van der Waals surface area contributed by atoms with Crippen molar-refractivity contribution in [3.05, 3.63) is 35.4 Å². The fourth-order valence-electron chi connectivity index (χ4n) is 4.71. The normalized spacial score (nSPS) is 18.8. The van der Waals surface area contributed by atoms with Crippen molar-refractivity contribution in [2.45, 2.75) is 51.5 Å². The molecule has 0 spiro atoms. The molecule has 1 fully saturated rings. The van der Waals surface area contributed by atoms with Crippen molar-refractivity contribution < 1.29 is 4.74 Å². The summed E-state index contributed by atoms with van der Waals surface area (Å²) in [5.41, 5.74) is 3.40. The van der Waals surface area contributed by atoms with Crippen molar-refractivity contribution in [2.75, 3.05) is 46.9 Å². The van der Waals surface area contributed by atoms with Crippen molar-refractivity contribution in [1.82, 2.24) is 15.5 Å². The number of hydrogen-bond donors (Lipinski definition) is 2. The van der Waals surface area contributed by atoms with Gasteiger partial charge >= 0.3 is 0 Å². The van der Waals surface area contributed by atoms with E-state index in [0.29, 0.717) is 5.41 Å². The monoisotopic (exact) mass is 514 g/mol. The van der Waals surface area contributed by atoms with Crippen LogP contribution >= 0.6 is 24.0 Å². The zero-order chi connectivity index (χ0) is 19.7. The zero-order valence-corrected chi connectivity index (χ0v) is 20.5. The van der Waals surface area contributed by atoms with E-state index in [1.165, 1.54) is 49.8 Å². The molecule has 0 aromatic heterocycles. The average molecular weight is 514 g/mol. The number of guanidine groups is 1. The summed E-state index contributed by atoms with van der Waals surface area (Å²) in [5, 5.41) is 7.09. The van der Waals surface area contributed by atoms with E-state index in [1.54, 1.807) is 7.11 Å². The van der Waals surface area contributed by atoms with Crippen LogP contribution in [0.15, 0.2) is 29.3 Å². The van der Waals surface area contributed by atoms with E-state index in [4.69, 9.17) is 4.74 Å². The summed E-state index contributed by atoms with van der Waals surface area (Å²) >= 11 is 0. The molecule has 1 aliphatic carbocycles. The van der Waals surface area contributed by atoms with E-state index < -0.39 is 0 Å². The van der Waals surface area contributed by atoms with Crippen LogP contribution in [0, 0.1) is 5.41 Å². The summed E-state index contributed by atoms with van der Waals surface area (Å²) in [4.78, 5) is 6.99. The molecule has 5 nitrogen and oxygen atoms in total. The quantitative estimate of drug-likeness (QED) is 0.228. The van der Waals surface area contributed by atoms with Gasteiger partial charge in [0.1, 0.15) is 0 Å². The lowest BCUT2D eigenvalue weighted by atomic mass is 9.83. The van der Waals surface area contributed by atoms with E-state index in [1.807, 2.05) is 7.05 Å². The Balaban J connectivity index is 0.00000300. The third-order valence-electron chi connectivity index (χ3n) is 6.51. The van der Waals surface area contributed by atoms with Gasteiger partial charge in [0.15, 0.2) is 5.96 Å². The van der Waals surface area contributed by atoms with Crippen LogP contribution in [-0.4, -0.2) is 57.8 Å². The Morgan fingerprint density at radius 3 is 2.66 bits per heavy atom. The van der Waals surface area contributed by atoms with Gasteiger partial charge in [-0.3, -0.25) is 9.89 Å². The number of halogens is 1. The van der Waals surface area contributed by atoms with Crippen LogP contribution in [0.25, 0.3) is 0 Å². The van der Waals surface area contributed by atoms with E-state index >= 15 is 0 Å². The van der Waals surface area contributed by atoms with Gasteiger partial charge < -0.3 is 15.4 Å². The van der Waals surface area contributed by atoms with Gasteiger partial charge in [0, 0.05) is 53.5 Å². The summed E-state index contributed by atoms with van der Waals surface area (Å²) in [6.07, 6.45) is 8.75. The van der Waals surface area contributed by atoms with Crippen LogP contribution in [0.1, 0.15) is 49.7 Å². The van der Waals surface area contributed by atoms with Crippen molar-refractivity contribution in [3.8, 4) is 0 Å². The maximum absolute atomic E-state index is 5.34. The van der Waals surface area contributed by atoms with Crippen molar-refractivity contribution in [2.24, 2.45) is 10.4 Å². The first-order chi connectivity index (χ1) is 13.7. The van der Waals surface area contributed by atoms with Crippen molar-refractivity contribution in [1.29, 1.82) is 0 Å². The van der Waals surface area contributed by atoms with Crippen LogP contribution in [0.5, 0.6) is 0 Å². The number of aliphatic imine (C=N–C) groups is 1. The Morgan fingerprint density at radius 2 is 1.93 bits per heavy atom. The molecule has 2 aliphatic rings. The number of rotatable bonds is 9. The van der Waals surface area contributed by atoms with E-state index in [-0.39, 0.29) is 24.0 Å². The lowest BCUT2D eigenvalue weighted by Crippen LogP contribution is -2.44. The van der Waals surface area contributed by atoms with Gasteiger partial charge in [0.2, 0.25) is 0 Å². The second kappa shape index (κ2) is 12.7. The third kappa shape index (κ3) is 7.40. The highest BCUT2D eigenvalue weighted by molar-refractivity contribution is 14.0. The second-order valence-corrected chi connectivity index (χ2v) is 8.45. The third-order valence-corrected chi connectivity index (χ3v) is 6.51. The van der Waals surface area contributed by atoms with Gasteiger partial charge in [-0.05, 0) is 48.6 Å². The van der Waals surface area contributed by atoms with Gasteiger partial charge in [-0.2, -0.15) is 0 Å². The molecule has 2 N–H and O–H groups in total. The fraction of sp³-hybridized carbons (Fsp3) is 0.696. The van der Waals surface area contributed by atoms with Crippen LogP contribution in [0.4, 0.5) is 0 Å². The van der Waals surface area contributed by atoms with Crippen molar-refractivity contribution in [3.63, 3.8) is 0 Å². The Morgan fingerprint density at radius 1 is 1.17 bits per heavy atom. The Hall–Kier alpha value is -0.860. The smallest absolute Gasteiger partial charge is 0.190 e. The molecule has 0 amide bonds. The molecule has 0 unspecified atom stereocenters. The number of hydrogen-bond acceptors (Lipinski definition) is 3. The lowest BCUT2D eigenvalue weighted by Gasteiger charge is -2.30. The number of ether oxygens (including phenoxy) is 1. The molecule has 6 heteroatoms. The molecule has 0 bridgehead atoms. The second-order valence-electron chi connectivity index (χ2n) is 8.45. The SMILES string of the molecule is CN=C(NCCCN1CCc2ccccc2C1)NCC1(CCOC)CCCC1.I. The number of nitrogens with zero attached hydrogens (tertiary/aromatic N) is 2. The number of benzene rings is 1. The zero-order valence-electron chi connectivity index (χ0n) is 18.2. The number of methoxy groups -OCH3 is 1. The van der Waals surface area contributed by atoms with Crippen LogP contribution in [-0.2, 0) is 17.7 Å². The largest absolute Gasteiger partial charge is 0.385 e. The van der Waals surface area contributed by atoms with Gasteiger partial charge in [0.05, 0.1) is 0 Å². The minimum Gasteiger partial charge on any atom is -0.385 e. The topological polar surface area (TPSA) is 48.9 Å². The average Bonchev–Trinajstić information content (AvgIpc) is 3.21. The highest BCUT2D eigenvalue weighted by Crippen LogP contribution is 2.40. The van der Waals surface area contributed by atoms with Crippen molar-refractivity contribution >= 4 is 29.9 Å². The molecule has 1 aromatic rings. The predicted molar refractivity (Wildman–Crippen MR) is 132 cm³/mol. The standard InChI is InChI=1S/C23H38N4O.HI/c1-24-22(26-19-23(13-17-28-2)11-5-6-12-23)25-14-7-15-27-16-10-20-8-3-4-9-21(20)18-27;/h3-4,8-9H,5-7,10-19H2,1-2H3,(H2,24,25,26);1H. The molecular formula is C23H39IN4O. The molecule has 0 saturated heterocycles. The number of fused-ring (bicyclic) bond motifs is 1. The Kier molecular flexibility index (Phi) is 10.7. The van der Waals surface area contributed by atoms with E-state index in [0.717, 1.165) is 51.6 Å². The molecule has 29 heavy (non-hydrogen) atoms. The molecular weight excluding hydrogens is 475 g/mol. The summed E-state index contributed by atoms with van der Waals surface area (Å²) in [6.45, 7) is 6.21. The lowest BCUT2D eigenvalue weighted by molar-refractivity contribution is 0.138. The molecule has 1 saturated carbocycles. The summed E-state index contributed by atoms with van der Waals surface area (Å²) < 4.78 is 5.34. The highest BCUT2D eigenvalue weighted by Gasteiger charge is 2.33. The van der Waals surface area contributed by atoms with Gasteiger partial charge in [0.25, 0.3) is 0 Å². The highest BCUT2D eigenvalue weighted by atomic mass is 127. The fourth-order valence-corrected chi connectivity index (χ4v) is 4.71. The minimum absolute atomic E-state index is 0. The molecule has 1 heterocycles. The first kappa shape index (κ1) is 24.4. The molecule has 3 rings (SSSR count). The van der Waals surface area contributed by atoms with Gasteiger partial charge in [-0.25, -0.2) is 0 Å². The maximum Gasteiger partial charge on any atom is 0.190 e. The molecule has 0 radical (unpaired) electrons. The summed E-state index contributed by atoms with van der Waals surface area (Å²) in [6, 6.07) is 8.85. The summed E-state index contributed by atoms with van der Waals surface area (Å²) in [5.74, 6) is 0.938. The maximum atomic E-state index is 5.34. The van der Waals surface area contributed by atoms with Gasteiger partial charge in [-0.1, -0.05) is 37.1 Å². The van der Waals surface area contributed by atoms with Crippen LogP contribution in [0.2, 0.25) is 0 Å². The molecule has 0 atom stereocenters.